The fourth-order valence-electron chi connectivity index (χ4n) is 3.13. The molecule has 0 amide bonds. The summed E-state index contributed by atoms with van der Waals surface area (Å²) in [6, 6.07) is 15.9. The van der Waals surface area contributed by atoms with E-state index in [1.54, 1.807) is 12.1 Å². The van der Waals surface area contributed by atoms with Crippen LogP contribution in [0, 0.1) is 22.6 Å². The van der Waals surface area contributed by atoms with Gasteiger partial charge in [-0.3, -0.25) is 0 Å². The Hall–Kier alpha value is -1.66. The van der Waals surface area contributed by atoms with Crippen molar-refractivity contribution in [2.45, 2.75) is 25.7 Å². The highest BCUT2D eigenvalue weighted by Gasteiger charge is 2.34. The lowest BCUT2D eigenvalue weighted by atomic mass is 9.69. The molecule has 1 nitrogen and oxygen atoms in total. The van der Waals surface area contributed by atoms with Crippen molar-refractivity contribution in [2.24, 2.45) is 5.41 Å². The van der Waals surface area contributed by atoms with Crippen molar-refractivity contribution < 1.29 is 4.39 Å². The second-order valence-corrected chi connectivity index (χ2v) is 6.62. The van der Waals surface area contributed by atoms with E-state index in [2.05, 4.69) is 40.2 Å². The minimum absolute atomic E-state index is 0.265. The summed E-state index contributed by atoms with van der Waals surface area (Å²) in [5.41, 5.74) is 3.24. The third-order valence-electron chi connectivity index (χ3n) is 4.28. The topological polar surface area (TPSA) is 23.8 Å². The molecule has 21 heavy (non-hydrogen) atoms. The predicted molar refractivity (Wildman–Crippen MR) is 84.3 cm³/mol. The van der Waals surface area contributed by atoms with Crippen molar-refractivity contribution in [2.75, 3.05) is 0 Å². The standard InChI is InChI=1S/C18H15BrFN/c19-16-9-13(5-6-17(16)20)10-18(12-21)8-7-14-3-1-2-4-15(14)11-18/h1-6,9H,7-8,10-11H2. The molecular formula is C18H15BrFN. The Balaban J connectivity index is 1.89. The number of nitriles is 1. The lowest BCUT2D eigenvalue weighted by molar-refractivity contribution is 0.339. The summed E-state index contributed by atoms with van der Waals surface area (Å²) in [6.45, 7) is 0. The van der Waals surface area contributed by atoms with E-state index in [4.69, 9.17) is 0 Å². The number of halogens is 2. The Bertz CT molecular complexity index is 719. The first-order valence-corrected chi connectivity index (χ1v) is 7.83. The SMILES string of the molecule is N#CC1(Cc2ccc(F)c(Br)c2)CCc2ccccc2C1. The fourth-order valence-corrected chi connectivity index (χ4v) is 3.55. The van der Waals surface area contributed by atoms with Crippen LogP contribution in [0.15, 0.2) is 46.9 Å². The summed E-state index contributed by atoms with van der Waals surface area (Å²) in [5, 5.41) is 9.72. The molecule has 0 N–H and O–H groups in total. The zero-order chi connectivity index (χ0) is 14.9. The smallest absolute Gasteiger partial charge is 0.137 e. The quantitative estimate of drug-likeness (QED) is 0.766. The number of nitrogens with zero attached hydrogens (tertiary/aromatic N) is 1. The van der Waals surface area contributed by atoms with Crippen LogP contribution in [0.2, 0.25) is 0 Å². The van der Waals surface area contributed by atoms with Gasteiger partial charge in [-0.1, -0.05) is 30.3 Å². The van der Waals surface area contributed by atoms with Gasteiger partial charge in [0.25, 0.3) is 0 Å². The normalized spacial score (nSPS) is 20.6. The van der Waals surface area contributed by atoms with Gasteiger partial charge in [0.1, 0.15) is 5.82 Å². The van der Waals surface area contributed by atoms with Crippen molar-refractivity contribution in [3.8, 4) is 6.07 Å². The molecule has 0 saturated carbocycles. The van der Waals surface area contributed by atoms with E-state index in [-0.39, 0.29) is 11.2 Å². The van der Waals surface area contributed by atoms with Crippen LogP contribution in [0.5, 0.6) is 0 Å². The van der Waals surface area contributed by atoms with E-state index in [1.807, 2.05) is 6.07 Å². The molecule has 3 heteroatoms. The van der Waals surface area contributed by atoms with Gasteiger partial charge in [0.2, 0.25) is 0 Å². The van der Waals surface area contributed by atoms with Crippen LogP contribution in [0.3, 0.4) is 0 Å². The van der Waals surface area contributed by atoms with Crippen LogP contribution < -0.4 is 0 Å². The molecular weight excluding hydrogens is 329 g/mol. The number of fused-ring (bicyclic) bond motifs is 1. The summed E-state index contributed by atoms with van der Waals surface area (Å²) in [4.78, 5) is 0. The molecule has 0 aromatic heterocycles. The summed E-state index contributed by atoms with van der Waals surface area (Å²) < 4.78 is 13.8. The first-order valence-electron chi connectivity index (χ1n) is 7.04. The van der Waals surface area contributed by atoms with Crippen molar-refractivity contribution >= 4 is 15.9 Å². The molecule has 3 rings (SSSR count). The Morgan fingerprint density at radius 2 is 1.95 bits per heavy atom. The molecule has 1 aliphatic rings. The van der Waals surface area contributed by atoms with Gasteiger partial charge in [0.05, 0.1) is 16.0 Å². The van der Waals surface area contributed by atoms with Crippen molar-refractivity contribution in [1.29, 1.82) is 5.26 Å². The number of rotatable bonds is 2. The molecule has 2 aromatic rings. The summed E-state index contributed by atoms with van der Waals surface area (Å²) in [5.74, 6) is -0.265. The highest BCUT2D eigenvalue weighted by Crippen LogP contribution is 2.38. The molecule has 0 bridgehead atoms. The van der Waals surface area contributed by atoms with E-state index in [0.29, 0.717) is 10.9 Å². The number of aryl methyl sites for hydroxylation is 1. The van der Waals surface area contributed by atoms with E-state index in [0.717, 1.165) is 24.8 Å². The largest absolute Gasteiger partial charge is 0.206 e. The van der Waals surface area contributed by atoms with Gasteiger partial charge in [-0.15, -0.1) is 0 Å². The minimum Gasteiger partial charge on any atom is -0.206 e. The highest BCUT2D eigenvalue weighted by molar-refractivity contribution is 9.10. The third kappa shape index (κ3) is 2.87. The molecule has 1 unspecified atom stereocenters. The van der Waals surface area contributed by atoms with E-state index in [9.17, 15) is 9.65 Å². The van der Waals surface area contributed by atoms with Gasteiger partial charge in [-0.2, -0.15) is 5.26 Å². The van der Waals surface area contributed by atoms with Crippen molar-refractivity contribution in [1.82, 2.24) is 0 Å². The first kappa shape index (κ1) is 14.3. The maximum absolute atomic E-state index is 13.3. The van der Waals surface area contributed by atoms with Crippen LogP contribution in [-0.4, -0.2) is 0 Å². The highest BCUT2D eigenvalue weighted by atomic mass is 79.9. The summed E-state index contributed by atoms with van der Waals surface area (Å²) in [7, 11) is 0. The van der Waals surface area contributed by atoms with Crippen LogP contribution in [0.1, 0.15) is 23.1 Å². The van der Waals surface area contributed by atoms with Gasteiger partial charge in [0.15, 0.2) is 0 Å². The lowest BCUT2D eigenvalue weighted by Gasteiger charge is -2.32. The van der Waals surface area contributed by atoms with E-state index < -0.39 is 0 Å². The average molecular weight is 344 g/mol. The molecule has 0 fully saturated rings. The Kier molecular flexibility index (Phi) is 3.82. The minimum atomic E-state index is -0.383. The molecule has 0 radical (unpaired) electrons. The Labute approximate surface area is 132 Å². The molecule has 2 aromatic carbocycles. The molecule has 0 saturated heterocycles. The Morgan fingerprint density at radius 3 is 2.67 bits per heavy atom. The zero-order valence-electron chi connectivity index (χ0n) is 11.6. The van der Waals surface area contributed by atoms with Crippen LogP contribution in [-0.2, 0) is 19.3 Å². The summed E-state index contributed by atoms with van der Waals surface area (Å²) in [6.07, 6.45) is 3.23. The van der Waals surface area contributed by atoms with E-state index in [1.165, 1.54) is 17.2 Å². The zero-order valence-corrected chi connectivity index (χ0v) is 13.2. The molecule has 0 heterocycles. The molecule has 0 spiro atoms. The molecule has 0 aliphatic heterocycles. The number of hydrogen-bond donors (Lipinski definition) is 0. The second-order valence-electron chi connectivity index (χ2n) is 5.76. The lowest BCUT2D eigenvalue weighted by Crippen LogP contribution is -2.29. The summed E-state index contributed by atoms with van der Waals surface area (Å²) >= 11 is 3.22. The fraction of sp³-hybridized carbons (Fsp3) is 0.278. The average Bonchev–Trinajstić information content (AvgIpc) is 2.51. The third-order valence-corrected chi connectivity index (χ3v) is 4.89. The Morgan fingerprint density at radius 1 is 1.19 bits per heavy atom. The van der Waals surface area contributed by atoms with Crippen LogP contribution >= 0.6 is 15.9 Å². The van der Waals surface area contributed by atoms with Crippen LogP contribution in [0.25, 0.3) is 0 Å². The van der Waals surface area contributed by atoms with E-state index >= 15 is 0 Å². The first-order chi connectivity index (χ1) is 10.1. The van der Waals surface area contributed by atoms with Gasteiger partial charge in [0, 0.05) is 0 Å². The predicted octanol–water partition coefficient (Wildman–Crippen LogP) is 4.83. The van der Waals surface area contributed by atoms with Crippen molar-refractivity contribution in [3.05, 3.63) is 69.4 Å². The van der Waals surface area contributed by atoms with Gasteiger partial charge in [-0.05, 0) is 70.4 Å². The molecule has 106 valence electrons. The maximum atomic E-state index is 13.3. The number of benzene rings is 2. The van der Waals surface area contributed by atoms with Gasteiger partial charge in [-0.25, -0.2) is 4.39 Å². The molecule has 1 atom stereocenters. The molecule has 1 aliphatic carbocycles. The number of hydrogen-bond acceptors (Lipinski definition) is 1. The van der Waals surface area contributed by atoms with Gasteiger partial charge >= 0.3 is 0 Å². The second kappa shape index (κ2) is 5.61. The van der Waals surface area contributed by atoms with Crippen molar-refractivity contribution in [3.63, 3.8) is 0 Å². The maximum Gasteiger partial charge on any atom is 0.137 e. The van der Waals surface area contributed by atoms with Gasteiger partial charge < -0.3 is 0 Å². The monoisotopic (exact) mass is 343 g/mol. The van der Waals surface area contributed by atoms with Crippen LogP contribution in [0.4, 0.5) is 4.39 Å².